The Labute approximate surface area is 253 Å². The maximum atomic E-state index is 12.8. The van der Waals surface area contributed by atoms with Crippen LogP contribution < -0.4 is 4.72 Å². The molecule has 1 amide bonds. The summed E-state index contributed by atoms with van der Waals surface area (Å²) < 4.78 is 34.3. The standard InChI is InChI=1S/C31H45N5O6S/c1-4-23-26-17-21(37)11-14-31(26,3)25-12-15-30(2)19(5-10-24(30)27(25)28(23)38)13-16-42-29(39)33-43(40,41)22-8-6-20(7-9-22)36-18-32-34-35-36/h6-9,18-19,21,23-28,37-38H,4-5,10-17H2,1-3H3,(H,33,39)/t19-,21-,23-,24+,25+,26+,27+,28-,30-,31-/m1/s1. The van der Waals surface area contributed by atoms with Gasteiger partial charge in [0, 0.05) is 0 Å². The van der Waals surface area contributed by atoms with Gasteiger partial charge in [-0.15, -0.1) is 5.10 Å². The summed E-state index contributed by atoms with van der Waals surface area (Å²) in [4.78, 5) is 12.5. The second kappa shape index (κ2) is 11.4. The number of sulfonamides is 1. The first-order chi connectivity index (χ1) is 20.5. The zero-order valence-electron chi connectivity index (χ0n) is 25.3. The number of carbonyl (C=O) groups is 1. The molecule has 0 aliphatic heterocycles. The molecule has 236 valence electrons. The highest BCUT2D eigenvalue weighted by molar-refractivity contribution is 7.90. The van der Waals surface area contributed by atoms with Crippen LogP contribution in [0.25, 0.3) is 5.69 Å². The first kappa shape index (κ1) is 30.5. The number of benzene rings is 1. The summed E-state index contributed by atoms with van der Waals surface area (Å²) in [5, 5.41) is 33.2. The lowest BCUT2D eigenvalue weighted by Crippen LogP contribution is -2.62. The minimum atomic E-state index is -4.10. The van der Waals surface area contributed by atoms with Gasteiger partial charge in [0.2, 0.25) is 0 Å². The summed E-state index contributed by atoms with van der Waals surface area (Å²) in [5.41, 5.74) is 0.788. The van der Waals surface area contributed by atoms with Gasteiger partial charge in [0.1, 0.15) is 6.33 Å². The number of nitrogens with zero attached hydrogens (tertiary/aromatic N) is 4. The predicted molar refractivity (Wildman–Crippen MR) is 157 cm³/mol. The number of hydrogen-bond donors (Lipinski definition) is 3. The Morgan fingerprint density at radius 1 is 1.05 bits per heavy atom. The van der Waals surface area contributed by atoms with E-state index in [0.29, 0.717) is 35.8 Å². The molecule has 6 rings (SSSR count). The van der Waals surface area contributed by atoms with E-state index in [-0.39, 0.29) is 46.4 Å². The van der Waals surface area contributed by atoms with Gasteiger partial charge in [0.15, 0.2) is 0 Å². The molecule has 4 fully saturated rings. The largest absolute Gasteiger partial charge is 0.449 e. The maximum absolute atomic E-state index is 12.8. The fourth-order valence-electron chi connectivity index (χ4n) is 10.1. The molecule has 3 N–H and O–H groups in total. The second-order valence-corrected chi connectivity index (χ2v) is 15.7. The third-order valence-electron chi connectivity index (χ3n) is 12.3. The fourth-order valence-corrected chi connectivity index (χ4v) is 11.0. The molecule has 0 bridgehead atoms. The average Bonchev–Trinajstić information content (AvgIpc) is 3.63. The van der Waals surface area contributed by atoms with Crippen molar-refractivity contribution in [3.05, 3.63) is 30.6 Å². The lowest BCUT2D eigenvalue weighted by Gasteiger charge is -2.64. The Balaban J connectivity index is 1.07. The van der Waals surface area contributed by atoms with Gasteiger partial charge in [-0.05, 0) is 132 Å². The van der Waals surface area contributed by atoms with Crippen LogP contribution >= 0.6 is 0 Å². The summed E-state index contributed by atoms with van der Waals surface area (Å²) in [6.45, 7) is 7.12. The van der Waals surface area contributed by atoms with Gasteiger partial charge in [-0.1, -0.05) is 27.2 Å². The molecule has 0 radical (unpaired) electrons. The van der Waals surface area contributed by atoms with Gasteiger partial charge in [0.05, 0.1) is 29.4 Å². The van der Waals surface area contributed by atoms with E-state index >= 15 is 0 Å². The summed E-state index contributed by atoms with van der Waals surface area (Å²) in [5.74, 6) is 2.06. The highest BCUT2D eigenvalue weighted by Gasteiger charge is 2.64. The molecule has 0 saturated heterocycles. The van der Waals surface area contributed by atoms with Crippen LogP contribution in [0.2, 0.25) is 0 Å². The highest BCUT2D eigenvalue weighted by Crippen LogP contribution is 2.69. The third kappa shape index (κ3) is 5.27. The number of aliphatic hydroxyl groups is 2. The van der Waals surface area contributed by atoms with E-state index in [1.807, 2.05) is 4.72 Å². The molecule has 4 saturated carbocycles. The topological polar surface area (TPSA) is 157 Å². The molecule has 43 heavy (non-hydrogen) atoms. The molecule has 2 aromatic rings. The Kier molecular flexibility index (Phi) is 8.08. The third-order valence-corrected chi connectivity index (χ3v) is 13.6. The molecular formula is C31H45N5O6S. The van der Waals surface area contributed by atoms with Gasteiger partial charge in [-0.2, -0.15) is 0 Å². The molecule has 0 unspecified atom stereocenters. The molecule has 1 aromatic heterocycles. The van der Waals surface area contributed by atoms with Crippen LogP contribution in [0.15, 0.2) is 35.5 Å². The van der Waals surface area contributed by atoms with Crippen molar-refractivity contribution in [2.75, 3.05) is 6.61 Å². The van der Waals surface area contributed by atoms with Crippen molar-refractivity contribution < 1.29 is 28.2 Å². The number of aromatic nitrogens is 4. The van der Waals surface area contributed by atoms with E-state index in [9.17, 15) is 23.4 Å². The van der Waals surface area contributed by atoms with Gasteiger partial charge in [0.25, 0.3) is 10.0 Å². The smallest absolute Gasteiger partial charge is 0.421 e. The summed E-state index contributed by atoms with van der Waals surface area (Å²) in [6, 6.07) is 5.85. The van der Waals surface area contributed by atoms with Crippen molar-refractivity contribution in [1.82, 2.24) is 24.9 Å². The van der Waals surface area contributed by atoms with Crippen molar-refractivity contribution in [2.45, 2.75) is 95.7 Å². The van der Waals surface area contributed by atoms with E-state index in [4.69, 9.17) is 4.74 Å². The molecule has 0 spiro atoms. The number of nitrogens with one attached hydrogen (secondary N) is 1. The van der Waals surface area contributed by atoms with Crippen LogP contribution in [0.3, 0.4) is 0 Å². The van der Waals surface area contributed by atoms with E-state index in [0.717, 1.165) is 51.4 Å². The number of tetrazole rings is 1. The Bertz CT molecular complexity index is 1400. The molecule has 4 aliphatic carbocycles. The van der Waals surface area contributed by atoms with Crippen molar-refractivity contribution in [3.8, 4) is 5.69 Å². The lowest BCUT2D eigenvalue weighted by molar-refractivity contribution is -0.202. The van der Waals surface area contributed by atoms with Gasteiger partial charge < -0.3 is 14.9 Å². The van der Waals surface area contributed by atoms with Crippen LogP contribution in [-0.4, -0.2) is 63.7 Å². The Hall–Kier alpha value is -2.57. The van der Waals surface area contributed by atoms with E-state index in [1.165, 1.54) is 23.1 Å². The summed E-state index contributed by atoms with van der Waals surface area (Å²) in [7, 11) is -4.10. The molecule has 1 heterocycles. The number of ether oxygens (including phenoxy) is 1. The summed E-state index contributed by atoms with van der Waals surface area (Å²) >= 11 is 0. The molecule has 11 nitrogen and oxygen atoms in total. The number of amides is 1. The molecule has 10 atom stereocenters. The molecule has 1 aromatic carbocycles. The first-order valence-electron chi connectivity index (χ1n) is 15.9. The Morgan fingerprint density at radius 3 is 2.47 bits per heavy atom. The van der Waals surface area contributed by atoms with Crippen LogP contribution in [0.1, 0.15) is 78.6 Å². The van der Waals surface area contributed by atoms with Crippen molar-refractivity contribution in [3.63, 3.8) is 0 Å². The van der Waals surface area contributed by atoms with Crippen molar-refractivity contribution in [2.24, 2.45) is 46.3 Å². The van der Waals surface area contributed by atoms with E-state index in [1.54, 1.807) is 12.1 Å². The minimum Gasteiger partial charge on any atom is -0.449 e. The number of hydrogen-bond acceptors (Lipinski definition) is 9. The van der Waals surface area contributed by atoms with Crippen LogP contribution in [0, 0.1) is 46.3 Å². The molecular weight excluding hydrogens is 570 g/mol. The van der Waals surface area contributed by atoms with Crippen LogP contribution in [-0.2, 0) is 14.8 Å². The predicted octanol–water partition coefficient (Wildman–Crippen LogP) is 4.09. The van der Waals surface area contributed by atoms with Crippen molar-refractivity contribution >= 4 is 16.1 Å². The van der Waals surface area contributed by atoms with Gasteiger partial charge in [-0.25, -0.2) is 22.6 Å². The van der Waals surface area contributed by atoms with Gasteiger partial charge in [-0.3, -0.25) is 0 Å². The number of fused-ring (bicyclic) bond motifs is 5. The maximum Gasteiger partial charge on any atom is 0.421 e. The number of rotatable bonds is 7. The lowest BCUT2D eigenvalue weighted by atomic mass is 9.41. The second-order valence-electron chi connectivity index (χ2n) is 14.0. The fraction of sp³-hybridized carbons (Fsp3) is 0.742. The quantitative estimate of drug-likeness (QED) is 0.417. The Morgan fingerprint density at radius 2 is 1.77 bits per heavy atom. The van der Waals surface area contributed by atoms with E-state index < -0.39 is 16.1 Å². The zero-order chi connectivity index (χ0) is 30.6. The highest BCUT2D eigenvalue weighted by atomic mass is 32.2. The SMILES string of the molecule is CC[C@H]1[C@@H](O)[C@@H]2[C@H](CC[C@]3(C)[C@@H](CCOC(=O)NS(=O)(=O)c4ccc(-n5cnnn5)cc4)CC[C@@H]23)[C@@]2(C)CC[C@@H](O)C[C@@H]12. The normalized spacial score (nSPS) is 38.9. The first-order valence-corrected chi connectivity index (χ1v) is 17.4. The number of carbonyl (C=O) groups excluding carboxylic acids is 1. The van der Waals surface area contributed by atoms with Crippen LogP contribution in [0.4, 0.5) is 4.79 Å². The summed E-state index contributed by atoms with van der Waals surface area (Å²) in [6.07, 6.45) is 8.33. The molecule has 4 aliphatic rings. The monoisotopic (exact) mass is 615 g/mol. The van der Waals surface area contributed by atoms with Crippen LogP contribution in [0.5, 0.6) is 0 Å². The minimum absolute atomic E-state index is 0.0467. The number of aliphatic hydroxyl groups excluding tert-OH is 2. The zero-order valence-corrected chi connectivity index (χ0v) is 26.1. The average molecular weight is 616 g/mol. The van der Waals surface area contributed by atoms with E-state index in [2.05, 4.69) is 36.3 Å². The van der Waals surface area contributed by atoms with Gasteiger partial charge >= 0.3 is 6.09 Å². The van der Waals surface area contributed by atoms with Crippen molar-refractivity contribution in [1.29, 1.82) is 0 Å². The molecule has 12 heteroatoms.